The average molecular weight is 314 g/mol. The van der Waals surface area contributed by atoms with Gasteiger partial charge in [0.2, 0.25) is 0 Å². The number of hydrogen-bond acceptors (Lipinski definition) is 3. The SMILES string of the molecule is CCc1nn(C)c(COc2ccc(CN)cc2Cl)c1Cl. The highest BCUT2D eigenvalue weighted by molar-refractivity contribution is 6.32. The van der Waals surface area contributed by atoms with Crippen molar-refractivity contribution in [3.05, 3.63) is 45.2 Å². The minimum Gasteiger partial charge on any atom is -0.486 e. The normalized spacial score (nSPS) is 10.8. The molecule has 0 radical (unpaired) electrons. The molecular formula is C14H17Cl2N3O. The first kappa shape index (κ1) is 15.2. The standard InChI is InChI=1S/C14H17Cl2N3O/c1-3-11-14(16)12(19(2)18-11)8-20-13-5-4-9(7-17)6-10(13)15/h4-6H,3,7-8,17H2,1-2H3. The minimum atomic E-state index is 0.323. The molecule has 1 aromatic heterocycles. The molecule has 2 aromatic rings. The van der Waals surface area contributed by atoms with Gasteiger partial charge < -0.3 is 10.5 Å². The van der Waals surface area contributed by atoms with E-state index in [-0.39, 0.29) is 0 Å². The van der Waals surface area contributed by atoms with Crippen LogP contribution in [0.4, 0.5) is 0 Å². The zero-order chi connectivity index (χ0) is 14.7. The molecule has 0 aliphatic rings. The Morgan fingerprint density at radius 2 is 2.10 bits per heavy atom. The predicted octanol–water partition coefficient (Wildman–Crippen LogP) is 3.33. The molecule has 0 spiro atoms. The largest absolute Gasteiger partial charge is 0.486 e. The lowest BCUT2D eigenvalue weighted by Crippen LogP contribution is -2.04. The fraction of sp³-hybridized carbons (Fsp3) is 0.357. The lowest BCUT2D eigenvalue weighted by Gasteiger charge is -2.09. The third kappa shape index (κ3) is 3.08. The highest BCUT2D eigenvalue weighted by Gasteiger charge is 2.14. The number of aryl methyl sites for hydroxylation is 2. The topological polar surface area (TPSA) is 53.1 Å². The maximum atomic E-state index is 6.27. The van der Waals surface area contributed by atoms with Crippen molar-refractivity contribution in [1.82, 2.24) is 9.78 Å². The summed E-state index contributed by atoms with van der Waals surface area (Å²) in [6.45, 7) is 2.79. The van der Waals surface area contributed by atoms with Crippen LogP contribution in [0.5, 0.6) is 5.75 Å². The summed E-state index contributed by atoms with van der Waals surface area (Å²) >= 11 is 12.4. The molecule has 0 fully saturated rings. The van der Waals surface area contributed by atoms with Crippen molar-refractivity contribution in [1.29, 1.82) is 0 Å². The van der Waals surface area contributed by atoms with Gasteiger partial charge in [-0.05, 0) is 24.1 Å². The van der Waals surface area contributed by atoms with Gasteiger partial charge in [0.15, 0.2) is 0 Å². The second-order valence-electron chi connectivity index (χ2n) is 4.44. The van der Waals surface area contributed by atoms with Gasteiger partial charge in [-0.2, -0.15) is 5.10 Å². The van der Waals surface area contributed by atoms with Gasteiger partial charge in [-0.1, -0.05) is 36.2 Å². The van der Waals surface area contributed by atoms with Crippen LogP contribution >= 0.6 is 23.2 Å². The first-order chi connectivity index (χ1) is 9.56. The van der Waals surface area contributed by atoms with Crippen LogP contribution in [0.3, 0.4) is 0 Å². The van der Waals surface area contributed by atoms with Crippen LogP contribution in [0.25, 0.3) is 0 Å². The number of rotatable bonds is 5. The first-order valence-electron chi connectivity index (χ1n) is 6.38. The van der Waals surface area contributed by atoms with Crippen molar-refractivity contribution < 1.29 is 4.74 Å². The molecule has 6 heteroatoms. The van der Waals surface area contributed by atoms with Gasteiger partial charge in [-0.25, -0.2) is 0 Å². The number of nitrogens with two attached hydrogens (primary N) is 1. The number of aromatic nitrogens is 2. The molecule has 0 aliphatic heterocycles. The van der Waals surface area contributed by atoms with Crippen molar-refractivity contribution in [3.8, 4) is 5.75 Å². The van der Waals surface area contributed by atoms with Crippen molar-refractivity contribution in [2.75, 3.05) is 0 Å². The number of ether oxygens (including phenoxy) is 1. The van der Waals surface area contributed by atoms with Crippen molar-refractivity contribution >= 4 is 23.2 Å². The van der Waals surface area contributed by atoms with Crippen LogP contribution in [-0.4, -0.2) is 9.78 Å². The van der Waals surface area contributed by atoms with Gasteiger partial charge in [0, 0.05) is 13.6 Å². The predicted molar refractivity (Wildman–Crippen MR) is 81.3 cm³/mol. The van der Waals surface area contributed by atoms with E-state index >= 15 is 0 Å². The van der Waals surface area contributed by atoms with E-state index in [4.69, 9.17) is 33.7 Å². The van der Waals surface area contributed by atoms with Crippen LogP contribution < -0.4 is 10.5 Å². The Kier molecular flexibility index (Phi) is 4.91. The van der Waals surface area contributed by atoms with Crippen LogP contribution in [0, 0.1) is 0 Å². The van der Waals surface area contributed by atoms with E-state index in [1.807, 2.05) is 26.1 Å². The van der Waals surface area contributed by atoms with Gasteiger partial charge in [0.05, 0.1) is 21.4 Å². The Bertz CT molecular complexity index is 611. The Labute approximate surface area is 128 Å². The van der Waals surface area contributed by atoms with E-state index < -0.39 is 0 Å². The van der Waals surface area contributed by atoms with Gasteiger partial charge in [0.1, 0.15) is 12.4 Å². The third-order valence-corrected chi connectivity index (χ3v) is 3.83. The molecule has 0 bridgehead atoms. The number of nitrogens with zero attached hydrogens (tertiary/aromatic N) is 2. The highest BCUT2D eigenvalue weighted by Crippen LogP contribution is 2.28. The Balaban J connectivity index is 2.15. The summed E-state index contributed by atoms with van der Waals surface area (Å²) in [5.41, 5.74) is 8.24. The molecule has 0 aliphatic carbocycles. The van der Waals surface area contributed by atoms with Crippen molar-refractivity contribution in [2.24, 2.45) is 12.8 Å². The van der Waals surface area contributed by atoms with E-state index in [9.17, 15) is 0 Å². The summed E-state index contributed by atoms with van der Waals surface area (Å²) in [4.78, 5) is 0. The molecule has 108 valence electrons. The molecule has 2 N–H and O–H groups in total. The summed E-state index contributed by atoms with van der Waals surface area (Å²) in [6, 6.07) is 5.51. The van der Waals surface area contributed by atoms with Crippen LogP contribution in [0.1, 0.15) is 23.9 Å². The summed E-state index contributed by atoms with van der Waals surface area (Å²) < 4.78 is 7.46. The molecule has 1 heterocycles. The van der Waals surface area contributed by atoms with Gasteiger partial charge >= 0.3 is 0 Å². The van der Waals surface area contributed by atoms with Crippen molar-refractivity contribution in [2.45, 2.75) is 26.5 Å². The van der Waals surface area contributed by atoms with Crippen LogP contribution in [0.15, 0.2) is 18.2 Å². The van der Waals surface area contributed by atoms with E-state index in [2.05, 4.69) is 5.10 Å². The summed E-state index contributed by atoms with van der Waals surface area (Å²) in [5.74, 6) is 0.610. The number of benzene rings is 1. The molecule has 0 amide bonds. The second kappa shape index (κ2) is 6.48. The molecule has 1 aromatic carbocycles. The smallest absolute Gasteiger partial charge is 0.138 e. The summed E-state index contributed by atoms with van der Waals surface area (Å²) in [7, 11) is 1.85. The Morgan fingerprint density at radius 3 is 2.65 bits per heavy atom. The molecule has 0 saturated carbocycles. The Morgan fingerprint density at radius 1 is 1.35 bits per heavy atom. The van der Waals surface area contributed by atoms with Gasteiger partial charge in [0.25, 0.3) is 0 Å². The molecule has 0 unspecified atom stereocenters. The molecule has 0 saturated heterocycles. The molecule has 20 heavy (non-hydrogen) atoms. The second-order valence-corrected chi connectivity index (χ2v) is 5.23. The minimum absolute atomic E-state index is 0.323. The third-order valence-electron chi connectivity index (χ3n) is 3.10. The van der Waals surface area contributed by atoms with E-state index in [1.54, 1.807) is 10.7 Å². The average Bonchev–Trinajstić information content (AvgIpc) is 2.72. The highest BCUT2D eigenvalue weighted by atomic mass is 35.5. The molecular weight excluding hydrogens is 297 g/mol. The van der Waals surface area contributed by atoms with Gasteiger partial charge in [-0.3, -0.25) is 4.68 Å². The first-order valence-corrected chi connectivity index (χ1v) is 7.14. The van der Waals surface area contributed by atoms with Crippen LogP contribution in [-0.2, 0) is 26.6 Å². The van der Waals surface area contributed by atoms with Crippen molar-refractivity contribution in [3.63, 3.8) is 0 Å². The zero-order valence-corrected chi connectivity index (χ0v) is 13.0. The molecule has 4 nitrogen and oxygen atoms in total. The molecule has 2 rings (SSSR count). The van der Waals surface area contributed by atoms with Crippen LogP contribution in [0.2, 0.25) is 10.0 Å². The summed E-state index contributed by atoms with van der Waals surface area (Å²) in [5, 5.41) is 5.55. The fourth-order valence-electron chi connectivity index (χ4n) is 1.91. The van der Waals surface area contributed by atoms with E-state index in [0.717, 1.165) is 23.4 Å². The van der Waals surface area contributed by atoms with E-state index in [0.29, 0.717) is 28.9 Å². The maximum absolute atomic E-state index is 6.27. The monoisotopic (exact) mass is 313 g/mol. The maximum Gasteiger partial charge on any atom is 0.138 e. The molecule has 0 atom stereocenters. The van der Waals surface area contributed by atoms with Gasteiger partial charge in [-0.15, -0.1) is 0 Å². The summed E-state index contributed by atoms with van der Waals surface area (Å²) in [6.07, 6.45) is 0.790. The quantitative estimate of drug-likeness (QED) is 0.921. The zero-order valence-electron chi connectivity index (χ0n) is 11.5. The fourth-order valence-corrected chi connectivity index (χ4v) is 2.52. The number of halogens is 2. The number of hydrogen-bond donors (Lipinski definition) is 1. The lowest BCUT2D eigenvalue weighted by molar-refractivity contribution is 0.295. The Hall–Kier alpha value is -1.23. The lowest BCUT2D eigenvalue weighted by atomic mass is 10.2. The van der Waals surface area contributed by atoms with E-state index in [1.165, 1.54) is 0 Å².